The summed E-state index contributed by atoms with van der Waals surface area (Å²) in [6, 6.07) is 3.25. The zero-order valence-corrected chi connectivity index (χ0v) is 9.57. The van der Waals surface area contributed by atoms with Gasteiger partial charge in [0, 0.05) is 38.6 Å². The third-order valence-electron chi connectivity index (χ3n) is 2.34. The van der Waals surface area contributed by atoms with Crippen LogP contribution in [0.3, 0.4) is 0 Å². The van der Waals surface area contributed by atoms with Crippen molar-refractivity contribution < 1.29 is 8.42 Å². The number of pyridine rings is 1. The summed E-state index contributed by atoms with van der Waals surface area (Å²) in [5.74, 6) is 0. The van der Waals surface area contributed by atoms with Crippen molar-refractivity contribution in [2.24, 2.45) is 0 Å². The summed E-state index contributed by atoms with van der Waals surface area (Å²) in [5, 5.41) is 3.11. The fraction of sp³-hybridized carbons (Fsp3) is 0.444. The molecule has 0 spiro atoms. The molecule has 1 aromatic rings. The molecule has 2 rings (SSSR count). The molecule has 1 aliphatic heterocycles. The van der Waals surface area contributed by atoms with Gasteiger partial charge in [0.2, 0.25) is 0 Å². The Hall–Kier alpha value is -1.18. The van der Waals surface area contributed by atoms with E-state index in [1.54, 1.807) is 24.5 Å². The van der Waals surface area contributed by atoms with Crippen LogP contribution in [0.2, 0.25) is 0 Å². The predicted molar refractivity (Wildman–Crippen MR) is 61.2 cm³/mol. The Morgan fingerprint density at radius 1 is 1.25 bits per heavy atom. The maximum absolute atomic E-state index is 11.9. The molecule has 1 fully saturated rings. The molecule has 88 valence electrons. The summed E-state index contributed by atoms with van der Waals surface area (Å²) in [6.45, 7) is 2.38. The summed E-state index contributed by atoms with van der Waals surface area (Å²) in [5.41, 5.74) is 0.536. The van der Waals surface area contributed by atoms with Gasteiger partial charge in [-0.3, -0.25) is 9.71 Å². The molecule has 2 N–H and O–H groups in total. The van der Waals surface area contributed by atoms with E-state index in [2.05, 4.69) is 15.0 Å². The van der Waals surface area contributed by atoms with Crippen LogP contribution in [0.5, 0.6) is 0 Å². The molecule has 1 aromatic heterocycles. The molecule has 1 saturated heterocycles. The van der Waals surface area contributed by atoms with Crippen molar-refractivity contribution in [1.82, 2.24) is 14.6 Å². The van der Waals surface area contributed by atoms with Crippen molar-refractivity contribution in [3.63, 3.8) is 0 Å². The number of nitrogens with one attached hydrogen (secondary N) is 2. The second-order valence-corrected chi connectivity index (χ2v) is 5.16. The lowest BCUT2D eigenvalue weighted by molar-refractivity contribution is 0.362. The van der Waals surface area contributed by atoms with Gasteiger partial charge < -0.3 is 5.32 Å². The monoisotopic (exact) mass is 242 g/mol. The van der Waals surface area contributed by atoms with E-state index in [1.807, 2.05) is 0 Å². The number of nitrogens with zero attached hydrogens (tertiary/aromatic N) is 2. The maximum atomic E-state index is 11.9. The molecule has 6 nitrogen and oxygen atoms in total. The second kappa shape index (κ2) is 4.77. The Labute approximate surface area is 94.9 Å². The largest absolute Gasteiger partial charge is 0.314 e. The lowest BCUT2D eigenvalue weighted by atomic mass is 10.4. The van der Waals surface area contributed by atoms with E-state index in [1.165, 1.54) is 4.31 Å². The van der Waals surface area contributed by atoms with Gasteiger partial charge in [-0.1, -0.05) is 0 Å². The van der Waals surface area contributed by atoms with Crippen LogP contribution in [0.1, 0.15) is 0 Å². The van der Waals surface area contributed by atoms with E-state index in [9.17, 15) is 8.42 Å². The van der Waals surface area contributed by atoms with Gasteiger partial charge in [0.25, 0.3) is 0 Å². The third-order valence-corrected chi connectivity index (χ3v) is 3.88. The lowest BCUT2D eigenvalue weighted by Gasteiger charge is -2.26. The Morgan fingerprint density at radius 2 is 1.88 bits per heavy atom. The van der Waals surface area contributed by atoms with Crippen LogP contribution >= 0.6 is 0 Å². The Bertz CT molecular complexity index is 428. The lowest BCUT2D eigenvalue weighted by Crippen LogP contribution is -2.48. The molecule has 1 aliphatic rings. The molecular weight excluding hydrogens is 228 g/mol. The molecule has 0 unspecified atom stereocenters. The van der Waals surface area contributed by atoms with Gasteiger partial charge in [0.05, 0.1) is 5.69 Å². The third kappa shape index (κ3) is 2.69. The van der Waals surface area contributed by atoms with E-state index >= 15 is 0 Å². The molecular formula is C9H14N4O2S. The number of rotatable bonds is 3. The first-order chi connectivity index (χ1) is 7.68. The number of hydrogen-bond acceptors (Lipinski definition) is 4. The van der Waals surface area contributed by atoms with Crippen LogP contribution in [-0.4, -0.2) is 43.9 Å². The maximum Gasteiger partial charge on any atom is 0.301 e. The quantitative estimate of drug-likeness (QED) is 0.759. The van der Waals surface area contributed by atoms with Crippen molar-refractivity contribution >= 4 is 15.9 Å². The van der Waals surface area contributed by atoms with Crippen molar-refractivity contribution in [3.05, 3.63) is 24.5 Å². The van der Waals surface area contributed by atoms with Gasteiger partial charge in [-0.15, -0.1) is 0 Å². The molecule has 16 heavy (non-hydrogen) atoms. The van der Waals surface area contributed by atoms with E-state index < -0.39 is 10.2 Å². The van der Waals surface area contributed by atoms with Gasteiger partial charge in [-0.05, 0) is 12.1 Å². The highest BCUT2D eigenvalue weighted by molar-refractivity contribution is 7.90. The number of piperazine rings is 1. The summed E-state index contributed by atoms with van der Waals surface area (Å²) in [7, 11) is -3.42. The number of anilines is 1. The van der Waals surface area contributed by atoms with Crippen molar-refractivity contribution in [2.75, 3.05) is 30.9 Å². The summed E-state index contributed by atoms with van der Waals surface area (Å²) in [6.07, 6.45) is 3.10. The van der Waals surface area contributed by atoms with E-state index in [4.69, 9.17) is 0 Å². The number of aromatic nitrogens is 1. The molecule has 7 heteroatoms. The van der Waals surface area contributed by atoms with Gasteiger partial charge in [0.15, 0.2) is 0 Å². The minimum Gasteiger partial charge on any atom is -0.314 e. The molecule has 0 amide bonds. The Morgan fingerprint density at radius 3 is 2.50 bits per heavy atom. The van der Waals surface area contributed by atoms with E-state index in [0.29, 0.717) is 31.9 Å². The summed E-state index contributed by atoms with van der Waals surface area (Å²) in [4.78, 5) is 3.83. The second-order valence-electron chi connectivity index (χ2n) is 3.49. The highest BCUT2D eigenvalue weighted by atomic mass is 32.2. The average molecular weight is 242 g/mol. The van der Waals surface area contributed by atoms with Crippen LogP contribution in [0, 0.1) is 0 Å². The van der Waals surface area contributed by atoms with E-state index in [0.717, 1.165) is 0 Å². The fourth-order valence-electron chi connectivity index (χ4n) is 1.52. The fourth-order valence-corrected chi connectivity index (χ4v) is 2.74. The van der Waals surface area contributed by atoms with Gasteiger partial charge in [0.1, 0.15) is 0 Å². The van der Waals surface area contributed by atoms with Gasteiger partial charge >= 0.3 is 10.2 Å². The molecule has 0 bridgehead atoms. The van der Waals surface area contributed by atoms with Crippen LogP contribution in [0.15, 0.2) is 24.5 Å². The molecule has 0 atom stereocenters. The van der Waals surface area contributed by atoms with Crippen LogP contribution in [0.4, 0.5) is 5.69 Å². The first-order valence-corrected chi connectivity index (χ1v) is 6.51. The molecule has 0 saturated carbocycles. The predicted octanol–water partition coefficient (Wildman–Crippen LogP) is -0.357. The van der Waals surface area contributed by atoms with Gasteiger partial charge in [-0.25, -0.2) is 0 Å². The zero-order chi connectivity index (χ0) is 11.4. The summed E-state index contributed by atoms with van der Waals surface area (Å²) < 4.78 is 27.8. The van der Waals surface area contributed by atoms with Crippen LogP contribution in [-0.2, 0) is 10.2 Å². The average Bonchev–Trinajstić information content (AvgIpc) is 2.31. The molecule has 0 aliphatic carbocycles. The standard InChI is InChI=1S/C9H14N4O2S/c14-16(15,13-7-5-11-6-8-13)12-9-1-3-10-4-2-9/h1-4,11H,5-8H2,(H,10,12). The highest BCUT2D eigenvalue weighted by Crippen LogP contribution is 2.10. The van der Waals surface area contributed by atoms with E-state index in [-0.39, 0.29) is 0 Å². The van der Waals surface area contributed by atoms with Crippen molar-refractivity contribution in [2.45, 2.75) is 0 Å². The van der Waals surface area contributed by atoms with Gasteiger partial charge in [-0.2, -0.15) is 12.7 Å². The highest BCUT2D eigenvalue weighted by Gasteiger charge is 2.23. The molecule has 0 radical (unpaired) electrons. The Kier molecular flexibility index (Phi) is 3.37. The molecule has 2 heterocycles. The molecule has 0 aromatic carbocycles. The smallest absolute Gasteiger partial charge is 0.301 e. The van der Waals surface area contributed by atoms with Crippen molar-refractivity contribution in [1.29, 1.82) is 0 Å². The zero-order valence-electron chi connectivity index (χ0n) is 8.76. The SMILES string of the molecule is O=S(=O)(Nc1ccncc1)N1CCNCC1. The first kappa shape index (κ1) is 11.3. The Balaban J connectivity index is 2.08. The summed E-state index contributed by atoms with van der Waals surface area (Å²) >= 11 is 0. The number of hydrogen-bond donors (Lipinski definition) is 2. The van der Waals surface area contributed by atoms with Crippen LogP contribution in [0.25, 0.3) is 0 Å². The van der Waals surface area contributed by atoms with Crippen LogP contribution < -0.4 is 10.0 Å². The minimum absolute atomic E-state index is 0.500. The topological polar surface area (TPSA) is 74.3 Å². The normalized spacial score (nSPS) is 18.2. The van der Waals surface area contributed by atoms with Crippen molar-refractivity contribution in [3.8, 4) is 0 Å². The first-order valence-electron chi connectivity index (χ1n) is 5.07. The minimum atomic E-state index is -3.42.